The van der Waals surface area contributed by atoms with Crippen LogP contribution in [-0.2, 0) is 6.42 Å². The fourth-order valence-corrected chi connectivity index (χ4v) is 1.49. The SMILES string of the molecule is CCc1ccc(NCCCN(C)C)cc1. The fourth-order valence-electron chi connectivity index (χ4n) is 1.49. The van der Waals surface area contributed by atoms with Crippen LogP contribution in [0.15, 0.2) is 24.3 Å². The van der Waals surface area contributed by atoms with Gasteiger partial charge in [-0.05, 0) is 51.2 Å². The molecule has 0 unspecified atom stereocenters. The van der Waals surface area contributed by atoms with Crippen LogP contribution in [0, 0.1) is 0 Å². The van der Waals surface area contributed by atoms with E-state index in [4.69, 9.17) is 0 Å². The van der Waals surface area contributed by atoms with Crippen molar-refractivity contribution in [1.29, 1.82) is 0 Å². The van der Waals surface area contributed by atoms with Gasteiger partial charge in [0.1, 0.15) is 0 Å². The van der Waals surface area contributed by atoms with Crippen LogP contribution in [0.2, 0.25) is 0 Å². The molecule has 0 radical (unpaired) electrons. The number of rotatable bonds is 6. The van der Waals surface area contributed by atoms with Crippen LogP contribution in [0.4, 0.5) is 5.69 Å². The maximum atomic E-state index is 3.42. The summed E-state index contributed by atoms with van der Waals surface area (Å²) in [7, 11) is 4.21. The number of anilines is 1. The number of hydrogen-bond donors (Lipinski definition) is 1. The molecule has 0 amide bonds. The molecule has 1 rings (SSSR count). The van der Waals surface area contributed by atoms with Gasteiger partial charge in [0.25, 0.3) is 0 Å². The van der Waals surface area contributed by atoms with Crippen molar-refractivity contribution in [3.8, 4) is 0 Å². The molecule has 2 heteroatoms. The van der Waals surface area contributed by atoms with Gasteiger partial charge in [0.2, 0.25) is 0 Å². The van der Waals surface area contributed by atoms with E-state index >= 15 is 0 Å². The van der Waals surface area contributed by atoms with Crippen molar-refractivity contribution in [1.82, 2.24) is 4.90 Å². The molecule has 2 nitrogen and oxygen atoms in total. The average molecular weight is 206 g/mol. The Labute approximate surface area is 93.3 Å². The highest BCUT2D eigenvalue weighted by atomic mass is 15.1. The van der Waals surface area contributed by atoms with Gasteiger partial charge in [-0.3, -0.25) is 0 Å². The Bertz CT molecular complexity index is 264. The summed E-state index contributed by atoms with van der Waals surface area (Å²) in [5.74, 6) is 0. The summed E-state index contributed by atoms with van der Waals surface area (Å²) in [6.45, 7) is 4.36. The van der Waals surface area contributed by atoms with Gasteiger partial charge < -0.3 is 10.2 Å². The molecule has 0 aliphatic carbocycles. The van der Waals surface area contributed by atoms with E-state index < -0.39 is 0 Å². The lowest BCUT2D eigenvalue weighted by Gasteiger charge is -2.10. The van der Waals surface area contributed by atoms with Gasteiger partial charge in [0, 0.05) is 12.2 Å². The predicted molar refractivity (Wildman–Crippen MR) is 67.5 cm³/mol. The number of nitrogens with zero attached hydrogens (tertiary/aromatic N) is 1. The van der Waals surface area contributed by atoms with Gasteiger partial charge in [0.05, 0.1) is 0 Å². The second-order valence-electron chi connectivity index (χ2n) is 4.13. The Morgan fingerprint density at radius 1 is 1.13 bits per heavy atom. The lowest BCUT2D eigenvalue weighted by atomic mass is 10.1. The quantitative estimate of drug-likeness (QED) is 0.720. The number of benzene rings is 1. The minimum atomic E-state index is 1.05. The second kappa shape index (κ2) is 6.46. The summed E-state index contributed by atoms with van der Waals surface area (Å²) in [5.41, 5.74) is 2.62. The normalized spacial score (nSPS) is 10.7. The van der Waals surface area contributed by atoms with Crippen LogP contribution in [0.25, 0.3) is 0 Å². The first kappa shape index (κ1) is 12.1. The first-order valence-electron chi connectivity index (χ1n) is 5.70. The molecule has 1 N–H and O–H groups in total. The van der Waals surface area contributed by atoms with Crippen molar-refractivity contribution >= 4 is 5.69 Å². The largest absolute Gasteiger partial charge is 0.385 e. The summed E-state index contributed by atoms with van der Waals surface area (Å²) in [6.07, 6.45) is 2.30. The molecule has 1 aromatic rings. The van der Waals surface area contributed by atoms with Crippen molar-refractivity contribution < 1.29 is 0 Å². The van der Waals surface area contributed by atoms with Crippen LogP contribution in [0.5, 0.6) is 0 Å². The van der Waals surface area contributed by atoms with E-state index in [1.807, 2.05) is 0 Å². The fraction of sp³-hybridized carbons (Fsp3) is 0.538. The summed E-state index contributed by atoms with van der Waals surface area (Å²) in [4.78, 5) is 2.21. The zero-order valence-electron chi connectivity index (χ0n) is 10.1. The zero-order valence-corrected chi connectivity index (χ0v) is 10.1. The van der Waals surface area contributed by atoms with Gasteiger partial charge in [-0.15, -0.1) is 0 Å². The Kier molecular flexibility index (Phi) is 5.19. The van der Waals surface area contributed by atoms with Crippen molar-refractivity contribution in [3.63, 3.8) is 0 Å². The van der Waals surface area contributed by atoms with E-state index in [1.54, 1.807) is 0 Å². The zero-order chi connectivity index (χ0) is 11.1. The van der Waals surface area contributed by atoms with E-state index in [2.05, 4.69) is 55.5 Å². The molecular formula is C13H22N2. The van der Waals surface area contributed by atoms with Crippen LogP contribution in [0.3, 0.4) is 0 Å². The summed E-state index contributed by atoms with van der Waals surface area (Å²) >= 11 is 0. The minimum absolute atomic E-state index is 1.05. The Hall–Kier alpha value is -1.02. The molecule has 0 saturated heterocycles. The van der Waals surface area contributed by atoms with Crippen LogP contribution in [-0.4, -0.2) is 32.1 Å². The molecular weight excluding hydrogens is 184 g/mol. The molecule has 0 atom stereocenters. The third-order valence-corrected chi connectivity index (χ3v) is 2.47. The second-order valence-corrected chi connectivity index (χ2v) is 4.13. The highest BCUT2D eigenvalue weighted by Gasteiger charge is 1.93. The lowest BCUT2D eigenvalue weighted by molar-refractivity contribution is 0.405. The molecule has 0 bridgehead atoms. The van der Waals surface area contributed by atoms with Crippen molar-refractivity contribution in [2.75, 3.05) is 32.5 Å². The molecule has 1 aromatic carbocycles. The molecule has 0 spiro atoms. The molecule has 84 valence electrons. The predicted octanol–water partition coefficient (Wildman–Crippen LogP) is 2.61. The van der Waals surface area contributed by atoms with E-state index in [0.29, 0.717) is 0 Å². The minimum Gasteiger partial charge on any atom is -0.385 e. The third-order valence-electron chi connectivity index (χ3n) is 2.47. The lowest BCUT2D eigenvalue weighted by Crippen LogP contribution is -2.16. The molecule has 0 saturated carbocycles. The van der Waals surface area contributed by atoms with Crippen molar-refractivity contribution in [3.05, 3.63) is 29.8 Å². The van der Waals surface area contributed by atoms with Crippen molar-refractivity contribution in [2.45, 2.75) is 19.8 Å². The highest BCUT2D eigenvalue weighted by Crippen LogP contribution is 2.09. The van der Waals surface area contributed by atoms with Gasteiger partial charge in [-0.2, -0.15) is 0 Å². The van der Waals surface area contributed by atoms with E-state index in [1.165, 1.54) is 17.7 Å². The Morgan fingerprint density at radius 2 is 1.80 bits per heavy atom. The molecule has 0 aliphatic heterocycles. The van der Waals surface area contributed by atoms with E-state index in [-0.39, 0.29) is 0 Å². The van der Waals surface area contributed by atoms with Crippen LogP contribution in [0.1, 0.15) is 18.9 Å². The number of nitrogens with one attached hydrogen (secondary N) is 1. The molecule has 0 fully saturated rings. The maximum Gasteiger partial charge on any atom is 0.0340 e. The molecule has 0 aliphatic rings. The van der Waals surface area contributed by atoms with Gasteiger partial charge in [0.15, 0.2) is 0 Å². The van der Waals surface area contributed by atoms with Crippen molar-refractivity contribution in [2.24, 2.45) is 0 Å². The van der Waals surface area contributed by atoms with Crippen LogP contribution >= 0.6 is 0 Å². The Morgan fingerprint density at radius 3 is 2.33 bits per heavy atom. The number of hydrogen-bond acceptors (Lipinski definition) is 2. The topological polar surface area (TPSA) is 15.3 Å². The monoisotopic (exact) mass is 206 g/mol. The Balaban J connectivity index is 2.25. The van der Waals surface area contributed by atoms with E-state index in [0.717, 1.165) is 19.5 Å². The number of aryl methyl sites for hydroxylation is 1. The first-order valence-corrected chi connectivity index (χ1v) is 5.70. The summed E-state index contributed by atoms with van der Waals surface area (Å²) in [6, 6.07) is 8.70. The highest BCUT2D eigenvalue weighted by molar-refractivity contribution is 5.44. The average Bonchev–Trinajstić information content (AvgIpc) is 2.25. The summed E-state index contributed by atoms with van der Waals surface area (Å²) in [5, 5.41) is 3.42. The van der Waals surface area contributed by atoms with Gasteiger partial charge in [-0.1, -0.05) is 19.1 Å². The smallest absolute Gasteiger partial charge is 0.0340 e. The molecule has 0 heterocycles. The maximum absolute atomic E-state index is 3.42. The standard InChI is InChI=1S/C13H22N2/c1-4-12-6-8-13(9-7-12)14-10-5-11-15(2)3/h6-9,14H,4-5,10-11H2,1-3H3. The summed E-state index contributed by atoms with van der Waals surface area (Å²) < 4.78 is 0. The first-order chi connectivity index (χ1) is 7.22. The van der Waals surface area contributed by atoms with Gasteiger partial charge in [-0.25, -0.2) is 0 Å². The van der Waals surface area contributed by atoms with Crippen LogP contribution < -0.4 is 5.32 Å². The van der Waals surface area contributed by atoms with Gasteiger partial charge >= 0.3 is 0 Å². The van der Waals surface area contributed by atoms with E-state index in [9.17, 15) is 0 Å². The molecule has 15 heavy (non-hydrogen) atoms. The molecule has 0 aromatic heterocycles. The third kappa shape index (κ3) is 4.84.